The molecule has 0 aromatic heterocycles. The third-order valence-corrected chi connectivity index (χ3v) is 5.80. The number of carbonyl (C=O) groups is 1. The molecule has 0 saturated carbocycles. The Morgan fingerprint density at radius 3 is 2.77 bits per heavy atom. The van der Waals surface area contributed by atoms with Gasteiger partial charge in [-0.25, -0.2) is 0 Å². The van der Waals surface area contributed by atoms with Crippen LogP contribution in [0.15, 0.2) is 60.7 Å². The van der Waals surface area contributed by atoms with Crippen molar-refractivity contribution in [3.8, 4) is 0 Å². The molecule has 5 nitrogen and oxygen atoms in total. The summed E-state index contributed by atoms with van der Waals surface area (Å²) in [5.41, 5.74) is 3.78. The second-order valence-electron chi connectivity index (χ2n) is 8.03. The predicted molar refractivity (Wildman–Crippen MR) is 124 cm³/mol. The van der Waals surface area contributed by atoms with Gasteiger partial charge in [0.2, 0.25) is 0 Å². The largest absolute Gasteiger partial charge is 0.383 e. The molecule has 1 unspecified atom stereocenters. The van der Waals surface area contributed by atoms with Crippen molar-refractivity contribution >= 4 is 22.4 Å². The molecule has 1 aliphatic rings. The molecule has 4 N–H and O–H groups in total. The lowest BCUT2D eigenvalue weighted by Crippen LogP contribution is -2.51. The minimum absolute atomic E-state index is 0.0472. The first-order valence-electron chi connectivity index (χ1n) is 10.7. The summed E-state index contributed by atoms with van der Waals surface area (Å²) in [6, 6.07) is 20.8. The molecule has 1 aliphatic heterocycles. The summed E-state index contributed by atoms with van der Waals surface area (Å²) in [5.74, 6) is -0.0472. The highest BCUT2D eigenvalue weighted by Gasteiger charge is 2.16. The predicted octanol–water partition coefficient (Wildman–Crippen LogP) is 3.61. The van der Waals surface area contributed by atoms with Gasteiger partial charge in [0, 0.05) is 43.5 Å². The third kappa shape index (κ3) is 4.64. The van der Waals surface area contributed by atoms with Gasteiger partial charge in [-0.3, -0.25) is 4.79 Å². The van der Waals surface area contributed by atoms with E-state index in [0.29, 0.717) is 11.6 Å². The number of anilines is 1. The van der Waals surface area contributed by atoms with Crippen LogP contribution in [0.5, 0.6) is 0 Å². The third-order valence-electron chi connectivity index (χ3n) is 5.80. The summed E-state index contributed by atoms with van der Waals surface area (Å²) < 4.78 is 0. The van der Waals surface area contributed by atoms with Crippen LogP contribution in [0.1, 0.15) is 34.5 Å². The topological polar surface area (TPSA) is 65.2 Å². The average Bonchev–Trinajstić information content (AvgIpc) is 2.78. The van der Waals surface area contributed by atoms with E-state index in [1.807, 2.05) is 50.2 Å². The number of benzene rings is 3. The Bertz CT molecular complexity index is 1020. The van der Waals surface area contributed by atoms with Crippen molar-refractivity contribution in [3.05, 3.63) is 77.4 Å². The first-order valence-corrected chi connectivity index (χ1v) is 10.7. The van der Waals surface area contributed by atoms with E-state index in [2.05, 4.69) is 45.5 Å². The van der Waals surface area contributed by atoms with Crippen molar-refractivity contribution in [2.75, 3.05) is 31.5 Å². The van der Waals surface area contributed by atoms with E-state index < -0.39 is 0 Å². The molecule has 156 valence electrons. The molecule has 4 rings (SSSR count). The van der Waals surface area contributed by atoms with E-state index in [1.165, 1.54) is 10.8 Å². The summed E-state index contributed by atoms with van der Waals surface area (Å²) in [6.07, 6.45) is 0. The second kappa shape index (κ2) is 9.28. The molecule has 0 bridgehead atoms. The Kier molecular flexibility index (Phi) is 6.31. The fourth-order valence-corrected chi connectivity index (χ4v) is 4.06. The molecule has 0 spiro atoms. The lowest BCUT2D eigenvalue weighted by atomic mass is 9.99. The smallest absolute Gasteiger partial charge is 0.252 e. The molecule has 2 atom stereocenters. The standard InChI is InChI=1S/C25H30N4O/c1-17-10-11-20(28-16-21-15-26-12-13-27-21)14-24(17)25(30)29-18(2)22-9-5-7-19-6-3-4-8-23(19)22/h3-11,14,18,21,26-28H,12-13,15-16H2,1-2H3,(H,29,30)/t18-,21?/m1/s1. The first kappa shape index (κ1) is 20.4. The van der Waals surface area contributed by atoms with Gasteiger partial charge < -0.3 is 21.3 Å². The van der Waals surface area contributed by atoms with Gasteiger partial charge in [-0.15, -0.1) is 0 Å². The molecule has 0 radical (unpaired) electrons. The fraction of sp³-hybridized carbons (Fsp3) is 0.320. The second-order valence-corrected chi connectivity index (χ2v) is 8.03. The Hall–Kier alpha value is -2.89. The van der Waals surface area contributed by atoms with Gasteiger partial charge in [0.1, 0.15) is 0 Å². The highest BCUT2D eigenvalue weighted by atomic mass is 16.1. The summed E-state index contributed by atoms with van der Waals surface area (Å²) in [4.78, 5) is 13.1. The van der Waals surface area contributed by atoms with Crippen LogP contribution >= 0.6 is 0 Å². The van der Waals surface area contributed by atoms with Crippen molar-refractivity contribution in [1.82, 2.24) is 16.0 Å². The van der Waals surface area contributed by atoms with E-state index in [4.69, 9.17) is 0 Å². The number of hydrogen-bond acceptors (Lipinski definition) is 4. The Labute approximate surface area is 178 Å². The van der Waals surface area contributed by atoms with Gasteiger partial charge in [0.15, 0.2) is 0 Å². The van der Waals surface area contributed by atoms with E-state index in [-0.39, 0.29) is 11.9 Å². The Balaban J connectivity index is 1.47. The number of hydrogen-bond donors (Lipinski definition) is 4. The van der Waals surface area contributed by atoms with Crippen molar-refractivity contribution in [3.63, 3.8) is 0 Å². The summed E-state index contributed by atoms with van der Waals surface area (Å²) in [5, 5.41) is 15.9. The van der Waals surface area contributed by atoms with Crippen LogP contribution < -0.4 is 21.3 Å². The van der Waals surface area contributed by atoms with Crippen LogP contribution in [-0.4, -0.2) is 38.1 Å². The van der Waals surface area contributed by atoms with Gasteiger partial charge in [-0.2, -0.15) is 0 Å². The highest BCUT2D eigenvalue weighted by Crippen LogP contribution is 2.25. The summed E-state index contributed by atoms with van der Waals surface area (Å²) in [6.45, 7) is 7.80. The molecule has 5 heteroatoms. The molecule has 3 aromatic rings. The molecule has 30 heavy (non-hydrogen) atoms. The van der Waals surface area contributed by atoms with E-state index in [9.17, 15) is 4.79 Å². The van der Waals surface area contributed by atoms with Gasteiger partial charge in [-0.1, -0.05) is 48.5 Å². The highest BCUT2D eigenvalue weighted by molar-refractivity contribution is 5.97. The van der Waals surface area contributed by atoms with Gasteiger partial charge in [-0.05, 0) is 47.9 Å². The average molecular weight is 403 g/mol. The van der Waals surface area contributed by atoms with E-state index >= 15 is 0 Å². The van der Waals surface area contributed by atoms with E-state index in [0.717, 1.165) is 43.0 Å². The monoisotopic (exact) mass is 402 g/mol. The minimum Gasteiger partial charge on any atom is -0.383 e. The number of aryl methyl sites for hydroxylation is 1. The van der Waals surface area contributed by atoms with Crippen molar-refractivity contribution in [2.45, 2.75) is 25.9 Å². The number of nitrogens with one attached hydrogen (secondary N) is 4. The zero-order valence-corrected chi connectivity index (χ0v) is 17.7. The summed E-state index contributed by atoms with van der Waals surface area (Å²) >= 11 is 0. The van der Waals surface area contributed by atoms with Crippen LogP contribution in [0.2, 0.25) is 0 Å². The van der Waals surface area contributed by atoms with Crippen LogP contribution in [0.4, 0.5) is 5.69 Å². The molecule has 0 aliphatic carbocycles. The SMILES string of the molecule is Cc1ccc(NCC2CNCCN2)cc1C(=O)N[C@H](C)c1cccc2ccccc12. The Morgan fingerprint density at radius 2 is 1.93 bits per heavy atom. The number of rotatable bonds is 6. The number of amides is 1. The maximum Gasteiger partial charge on any atom is 0.252 e. The maximum atomic E-state index is 13.1. The van der Waals surface area contributed by atoms with Gasteiger partial charge >= 0.3 is 0 Å². The number of piperazine rings is 1. The van der Waals surface area contributed by atoms with Crippen LogP contribution in [0.25, 0.3) is 10.8 Å². The molecule has 1 amide bonds. The van der Waals surface area contributed by atoms with Crippen LogP contribution in [-0.2, 0) is 0 Å². The molecular weight excluding hydrogens is 372 g/mol. The van der Waals surface area contributed by atoms with Crippen LogP contribution in [0.3, 0.4) is 0 Å². The lowest BCUT2D eigenvalue weighted by molar-refractivity contribution is 0.0939. The molecule has 1 saturated heterocycles. The fourth-order valence-electron chi connectivity index (χ4n) is 4.06. The summed E-state index contributed by atoms with van der Waals surface area (Å²) in [7, 11) is 0. The van der Waals surface area contributed by atoms with E-state index in [1.54, 1.807) is 0 Å². The first-order chi connectivity index (χ1) is 14.6. The normalized spacial score (nSPS) is 17.5. The quantitative estimate of drug-likeness (QED) is 0.509. The van der Waals surface area contributed by atoms with Gasteiger partial charge in [0.25, 0.3) is 5.91 Å². The van der Waals surface area contributed by atoms with Crippen molar-refractivity contribution in [1.29, 1.82) is 0 Å². The maximum absolute atomic E-state index is 13.1. The van der Waals surface area contributed by atoms with Crippen molar-refractivity contribution < 1.29 is 4.79 Å². The van der Waals surface area contributed by atoms with Crippen molar-refractivity contribution in [2.24, 2.45) is 0 Å². The molecule has 3 aromatic carbocycles. The zero-order chi connectivity index (χ0) is 20.9. The number of carbonyl (C=O) groups excluding carboxylic acids is 1. The van der Waals surface area contributed by atoms with Gasteiger partial charge in [0.05, 0.1) is 6.04 Å². The molecular formula is C25H30N4O. The zero-order valence-electron chi connectivity index (χ0n) is 17.7. The van der Waals surface area contributed by atoms with Crippen LogP contribution in [0, 0.1) is 6.92 Å². The molecule has 1 heterocycles. The number of fused-ring (bicyclic) bond motifs is 1. The minimum atomic E-state index is -0.0860. The molecule has 1 fully saturated rings. The Morgan fingerprint density at radius 1 is 1.10 bits per heavy atom. The lowest BCUT2D eigenvalue weighted by Gasteiger charge is -2.25.